The van der Waals surface area contributed by atoms with Crippen LogP contribution in [-0.4, -0.2) is 12.2 Å². The number of hydrogen-bond donors (Lipinski definition) is 2. The molecule has 0 bridgehead atoms. The van der Waals surface area contributed by atoms with Gasteiger partial charge in [-0.1, -0.05) is 11.6 Å². The molecule has 3 nitrogen and oxygen atoms in total. The topological polar surface area (TPSA) is 55.5 Å². The highest BCUT2D eigenvalue weighted by Crippen LogP contribution is 2.36. The standard InChI is InChI=1S/C7H7ClFNO2/c1-12-4-2-3(11)5(8)7(10)6(4)9/h2,11H,10H2,1H3. The predicted octanol–water partition coefficient (Wildman–Crippen LogP) is 1.78. The van der Waals surface area contributed by atoms with Gasteiger partial charge in [0.05, 0.1) is 12.8 Å². The van der Waals surface area contributed by atoms with Crippen molar-refractivity contribution in [1.82, 2.24) is 0 Å². The first-order valence-electron chi connectivity index (χ1n) is 3.08. The lowest BCUT2D eigenvalue weighted by Gasteiger charge is -2.06. The number of phenolic OH excluding ortho intramolecular Hbond substituents is 1. The molecular formula is C7H7ClFNO2. The molecule has 0 unspecified atom stereocenters. The molecule has 1 aromatic carbocycles. The SMILES string of the molecule is COc1cc(O)c(Cl)c(N)c1F. The predicted molar refractivity (Wildman–Crippen MR) is 44.0 cm³/mol. The lowest BCUT2D eigenvalue weighted by molar-refractivity contribution is 0.381. The van der Waals surface area contributed by atoms with E-state index < -0.39 is 5.82 Å². The van der Waals surface area contributed by atoms with Gasteiger partial charge in [0.2, 0.25) is 0 Å². The summed E-state index contributed by atoms with van der Waals surface area (Å²) in [5, 5.41) is 8.88. The smallest absolute Gasteiger partial charge is 0.189 e. The third-order valence-corrected chi connectivity index (χ3v) is 1.80. The van der Waals surface area contributed by atoms with Crippen molar-refractivity contribution in [3.63, 3.8) is 0 Å². The van der Waals surface area contributed by atoms with Crippen LogP contribution in [0.15, 0.2) is 6.07 Å². The zero-order valence-electron chi connectivity index (χ0n) is 6.27. The number of anilines is 1. The first-order valence-corrected chi connectivity index (χ1v) is 3.46. The van der Waals surface area contributed by atoms with Gasteiger partial charge < -0.3 is 15.6 Å². The van der Waals surface area contributed by atoms with E-state index in [4.69, 9.17) is 22.4 Å². The highest BCUT2D eigenvalue weighted by molar-refractivity contribution is 6.34. The fourth-order valence-electron chi connectivity index (χ4n) is 0.766. The summed E-state index contributed by atoms with van der Waals surface area (Å²) in [6.07, 6.45) is 0. The van der Waals surface area contributed by atoms with E-state index in [1.165, 1.54) is 7.11 Å². The van der Waals surface area contributed by atoms with E-state index in [-0.39, 0.29) is 22.2 Å². The molecule has 66 valence electrons. The Morgan fingerprint density at radius 2 is 2.25 bits per heavy atom. The summed E-state index contributed by atoms with van der Waals surface area (Å²) in [7, 11) is 1.27. The monoisotopic (exact) mass is 191 g/mol. The average molecular weight is 192 g/mol. The van der Waals surface area contributed by atoms with E-state index in [0.29, 0.717) is 0 Å². The molecule has 0 aliphatic carbocycles. The minimum atomic E-state index is -0.764. The van der Waals surface area contributed by atoms with Crippen LogP contribution in [-0.2, 0) is 0 Å². The van der Waals surface area contributed by atoms with Crippen molar-refractivity contribution in [3.8, 4) is 11.5 Å². The van der Waals surface area contributed by atoms with Gasteiger partial charge in [0.1, 0.15) is 10.8 Å². The number of hydrogen-bond acceptors (Lipinski definition) is 3. The number of nitrogens with two attached hydrogens (primary N) is 1. The number of phenols is 1. The molecule has 0 aliphatic heterocycles. The molecular weight excluding hydrogens is 185 g/mol. The molecule has 0 heterocycles. The fourth-order valence-corrected chi connectivity index (χ4v) is 0.904. The summed E-state index contributed by atoms with van der Waals surface area (Å²) in [5.41, 5.74) is 4.90. The van der Waals surface area contributed by atoms with Gasteiger partial charge in [-0.15, -0.1) is 0 Å². The van der Waals surface area contributed by atoms with Crippen LogP contribution in [0.4, 0.5) is 10.1 Å². The summed E-state index contributed by atoms with van der Waals surface area (Å²) in [6.45, 7) is 0. The summed E-state index contributed by atoms with van der Waals surface area (Å²) in [6, 6.07) is 1.06. The van der Waals surface area contributed by atoms with E-state index in [9.17, 15) is 4.39 Å². The van der Waals surface area contributed by atoms with Crippen LogP contribution in [0, 0.1) is 5.82 Å². The number of aromatic hydroxyl groups is 1. The molecule has 0 amide bonds. The van der Waals surface area contributed by atoms with Crippen molar-refractivity contribution in [2.45, 2.75) is 0 Å². The Bertz CT molecular complexity index is 317. The van der Waals surface area contributed by atoms with Crippen molar-refractivity contribution in [2.75, 3.05) is 12.8 Å². The number of halogens is 2. The minimum Gasteiger partial charge on any atom is -0.506 e. The van der Waals surface area contributed by atoms with Crippen LogP contribution in [0.25, 0.3) is 0 Å². The number of rotatable bonds is 1. The third-order valence-electron chi connectivity index (χ3n) is 1.40. The van der Waals surface area contributed by atoms with Crippen LogP contribution in [0.5, 0.6) is 11.5 Å². The second kappa shape index (κ2) is 3.06. The van der Waals surface area contributed by atoms with E-state index in [1.807, 2.05) is 0 Å². The largest absolute Gasteiger partial charge is 0.506 e. The maximum atomic E-state index is 13.0. The zero-order valence-corrected chi connectivity index (χ0v) is 7.02. The van der Waals surface area contributed by atoms with Crippen LogP contribution < -0.4 is 10.5 Å². The molecule has 0 saturated carbocycles. The Labute approximate surface area is 73.5 Å². The first-order chi connectivity index (χ1) is 5.57. The molecule has 12 heavy (non-hydrogen) atoms. The quantitative estimate of drug-likeness (QED) is 0.666. The Morgan fingerprint density at radius 1 is 1.67 bits per heavy atom. The molecule has 0 aliphatic rings. The van der Waals surface area contributed by atoms with Crippen molar-refractivity contribution in [1.29, 1.82) is 0 Å². The van der Waals surface area contributed by atoms with E-state index in [2.05, 4.69) is 4.74 Å². The molecule has 1 rings (SSSR count). The number of nitrogen functional groups attached to an aromatic ring is 1. The number of benzene rings is 1. The molecule has 3 N–H and O–H groups in total. The lowest BCUT2D eigenvalue weighted by Crippen LogP contribution is -1.96. The minimum absolute atomic E-state index is 0.130. The first kappa shape index (κ1) is 8.93. The Kier molecular flexibility index (Phi) is 2.28. The molecule has 1 aromatic rings. The maximum Gasteiger partial charge on any atom is 0.189 e. The van der Waals surface area contributed by atoms with Crippen molar-refractivity contribution < 1.29 is 14.2 Å². The summed E-state index contributed by atoms with van der Waals surface area (Å²) in [4.78, 5) is 0. The summed E-state index contributed by atoms with van der Waals surface area (Å²) in [5.74, 6) is -1.19. The van der Waals surface area contributed by atoms with Crippen LogP contribution in [0.3, 0.4) is 0 Å². The van der Waals surface area contributed by atoms with Gasteiger partial charge in [-0.2, -0.15) is 0 Å². The van der Waals surface area contributed by atoms with Crippen LogP contribution in [0.2, 0.25) is 5.02 Å². The molecule has 0 spiro atoms. The highest BCUT2D eigenvalue weighted by Gasteiger charge is 2.14. The van der Waals surface area contributed by atoms with Gasteiger partial charge in [0.25, 0.3) is 0 Å². The second-order valence-corrected chi connectivity index (χ2v) is 2.52. The van der Waals surface area contributed by atoms with Gasteiger partial charge in [0, 0.05) is 6.07 Å². The maximum absolute atomic E-state index is 13.0. The molecule has 0 fully saturated rings. The van der Waals surface area contributed by atoms with Crippen molar-refractivity contribution >= 4 is 17.3 Å². The second-order valence-electron chi connectivity index (χ2n) is 2.14. The number of ether oxygens (including phenoxy) is 1. The van der Waals surface area contributed by atoms with Gasteiger partial charge in [-0.05, 0) is 0 Å². The fraction of sp³-hybridized carbons (Fsp3) is 0.143. The molecule has 0 atom stereocenters. The number of methoxy groups -OCH3 is 1. The third kappa shape index (κ3) is 1.25. The molecule has 0 saturated heterocycles. The molecule has 0 radical (unpaired) electrons. The van der Waals surface area contributed by atoms with Gasteiger partial charge in [-0.3, -0.25) is 0 Å². The van der Waals surface area contributed by atoms with E-state index >= 15 is 0 Å². The Morgan fingerprint density at radius 3 is 2.75 bits per heavy atom. The van der Waals surface area contributed by atoms with E-state index in [0.717, 1.165) is 6.07 Å². The normalized spacial score (nSPS) is 9.92. The lowest BCUT2D eigenvalue weighted by atomic mass is 10.2. The summed E-state index contributed by atoms with van der Waals surface area (Å²) >= 11 is 5.44. The van der Waals surface area contributed by atoms with Crippen molar-refractivity contribution in [3.05, 3.63) is 16.9 Å². The van der Waals surface area contributed by atoms with E-state index in [1.54, 1.807) is 0 Å². The van der Waals surface area contributed by atoms with Crippen LogP contribution in [0.1, 0.15) is 0 Å². The zero-order chi connectivity index (χ0) is 9.30. The molecule has 0 aromatic heterocycles. The summed E-state index contributed by atoms with van der Waals surface area (Å²) < 4.78 is 17.6. The average Bonchev–Trinajstić information content (AvgIpc) is 2.08. The van der Waals surface area contributed by atoms with Gasteiger partial charge >= 0.3 is 0 Å². The van der Waals surface area contributed by atoms with Crippen LogP contribution >= 0.6 is 11.6 Å². The van der Waals surface area contributed by atoms with Crippen molar-refractivity contribution in [2.24, 2.45) is 0 Å². The molecule has 5 heteroatoms. The Balaban J connectivity index is 3.39. The Hall–Kier alpha value is -1.16. The highest BCUT2D eigenvalue weighted by atomic mass is 35.5. The van der Waals surface area contributed by atoms with Gasteiger partial charge in [0.15, 0.2) is 11.6 Å². The van der Waals surface area contributed by atoms with Gasteiger partial charge in [-0.25, -0.2) is 4.39 Å².